The Hall–Kier alpha value is -3.42. The zero-order chi connectivity index (χ0) is 21.0. The highest BCUT2D eigenvalue weighted by atomic mass is 16.2. The van der Waals surface area contributed by atoms with Crippen molar-refractivity contribution < 1.29 is 4.79 Å². The van der Waals surface area contributed by atoms with Crippen molar-refractivity contribution in [3.05, 3.63) is 58.4 Å². The van der Waals surface area contributed by atoms with E-state index in [1.165, 1.54) is 0 Å². The molecule has 0 spiro atoms. The van der Waals surface area contributed by atoms with Crippen molar-refractivity contribution in [3.63, 3.8) is 0 Å². The molecular weight excluding hydrogens is 366 g/mol. The lowest BCUT2D eigenvalue weighted by molar-refractivity contribution is 0.252. The van der Waals surface area contributed by atoms with Crippen molar-refractivity contribution in [2.45, 2.75) is 34.6 Å². The summed E-state index contributed by atoms with van der Waals surface area (Å²) in [6.45, 7) is 11.0. The van der Waals surface area contributed by atoms with E-state index < -0.39 is 0 Å². The average Bonchev–Trinajstić information content (AvgIpc) is 2.95. The van der Waals surface area contributed by atoms with Gasteiger partial charge in [0, 0.05) is 24.5 Å². The van der Waals surface area contributed by atoms with Gasteiger partial charge in [-0.1, -0.05) is 17.7 Å². The molecule has 0 saturated carbocycles. The molecular formula is C21H27N7O. The fraction of sp³-hybridized carbons (Fsp3) is 0.333. The van der Waals surface area contributed by atoms with Gasteiger partial charge in [0.2, 0.25) is 0 Å². The summed E-state index contributed by atoms with van der Waals surface area (Å²) in [5.41, 5.74) is 6.19. The fourth-order valence-corrected chi connectivity index (χ4v) is 2.96. The Morgan fingerprint density at radius 2 is 1.79 bits per heavy atom. The van der Waals surface area contributed by atoms with Gasteiger partial charge in [-0.2, -0.15) is 5.10 Å². The van der Waals surface area contributed by atoms with Crippen LogP contribution in [0.2, 0.25) is 0 Å². The molecule has 0 aliphatic heterocycles. The first-order valence-electron chi connectivity index (χ1n) is 9.58. The number of rotatable bonds is 6. The second-order valence-corrected chi connectivity index (χ2v) is 7.11. The number of aromatic nitrogens is 4. The summed E-state index contributed by atoms with van der Waals surface area (Å²) in [6, 6.07) is 9.40. The maximum absolute atomic E-state index is 12.0. The van der Waals surface area contributed by atoms with E-state index in [0.29, 0.717) is 24.7 Å². The summed E-state index contributed by atoms with van der Waals surface area (Å²) < 4.78 is 1.79. The van der Waals surface area contributed by atoms with Crippen LogP contribution in [0.5, 0.6) is 0 Å². The first-order valence-corrected chi connectivity index (χ1v) is 9.58. The molecule has 3 rings (SSSR count). The summed E-state index contributed by atoms with van der Waals surface area (Å²) >= 11 is 0. The molecule has 8 heteroatoms. The van der Waals surface area contributed by atoms with Crippen LogP contribution in [-0.2, 0) is 0 Å². The van der Waals surface area contributed by atoms with Gasteiger partial charge in [-0.25, -0.2) is 9.48 Å². The van der Waals surface area contributed by atoms with Gasteiger partial charge in [-0.15, -0.1) is 10.2 Å². The zero-order valence-electron chi connectivity index (χ0n) is 17.5. The average molecular weight is 393 g/mol. The summed E-state index contributed by atoms with van der Waals surface area (Å²) in [5.74, 6) is 1.32. The van der Waals surface area contributed by atoms with Gasteiger partial charge in [-0.05, 0) is 63.9 Å². The Morgan fingerprint density at radius 1 is 1.00 bits per heavy atom. The SMILES string of the molecule is Cc1ccc(NC(=O)NCCNc2ccc(-n3nc(C)c(C)c3C)nn2)c(C)c1. The fourth-order valence-electron chi connectivity index (χ4n) is 2.96. The van der Waals surface area contributed by atoms with Crippen molar-refractivity contribution in [2.24, 2.45) is 0 Å². The van der Waals surface area contributed by atoms with Crippen LogP contribution < -0.4 is 16.0 Å². The Balaban J connectivity index is 1.47. The summed E-state index contributed by atoms with van der Waals surface area (Å²) in [6.07, 6.45) is 0. The standard InChI is InChI=1S/C21H27N7O/c1-13-6-7-18(14(2)12-13)24-21(29)23-11-10-22-19-8-9-20(26-25-19)28-17(5)15(3)16(4)27-28/h6-9,12H,10-11H2,1-5H3,(H,22,25)(H2,23,24,29). The third-order valence-electron chi connectivity index (χ3n) is 4.87. The molecule has 0 atom stereocenters. The third kappa shape index (κ3) is 4.90. The smallest absolute Gasteiger partial charge is 0.319 e. The molecule has 2 amide bonds. The van der Waals surface area contributed by atoms with Gasteiger partial charge in [0.25, 0.3) is 0 Å². The molecule has 8 nitrogen and oxygen atoms in total. The molecule has 2 aromatic heterocycles. The Morgan fingerprint density at radius 3 is 2.41 bits per heavy atom. The molecule has 3 N–H and O–H groups in total. The number of hydrogen-bond donors (Lipinski definition) is 3. The van der Waals surface area contributed by atoms with E-state index in [-0.39, 0.29) is 6.03 Å². The molecule has 29 heavy (non-hydrogen) atoms. The van der Waals surface area contributed by atoms with E-state index in [1.807, 2.05) is 65.0 Å². The molecule has 0 bridgehead atoms. The number of nitrogens with one attached hydrogen (secondary N) is 3. The van der Waals surface area contributed by atoms with Crippen LogP contribution in [0.1, 0.15) is 28.1 Å². The number of hydrogen-bond acceptors (Lipinski definition) is 5. The van der Waals surface area contributed by atoms with Gasteiger partial charge in [0.1, 0.15) is 5.82 Å². The van der Waals surface area contributed by atoms with Crippen molar-refractivity contribution >= 4 is 17.5 Å². The Bertz CT molecular complexity index is 1010. The van der Waals surface area contributed by atoms with Crippen molar-refractivity contribution in [1.29, 1.82) is 0 Å². The van der Waals surface area contributed by atoms with Crippen LogP contribution in [0.4, 0.5) is 16.3 Å². The van der Waals surface area contributed by atoms with Crippen LogP contribution in [0.3, 0.4) is 0 Å². The van der Waals surface area contributed by atoms with Gasteiger partial charge in [0.15, 0.2) is 5.82 Å². The maximum Gasteiger partial charge on any atom is 0.319 e. The lowest BCUT2D eigenvalue weighted by Crippen LogP contribution is -2.33. The van der Waals surface area contributed by atoms with Crippen LogP contribution >= 0.6 is 0 Å². The predicted octanol–water partition coefficient (Wildman–Crippen LogP) is 3.44. The van der Waals surface area contributed by atoms with Crippen LogP contribution in [0.15, 0.2) is 30.3 Å². The molecule has 0 aliphatic rings. The second-order valence-electron chi connectivity index (χ2n) is 7.11. The molecule has 0 unspecified atom stereocenters. The highest BCUT2D eigenvalue weighted by Crippen LogP contribution is 2.16. The monoisotopic (exact) mass is 393 g/mol. The maximum atomic E-state index is 12.0. The molecule has 0 saturated heterocycles. The minimum Gasteiger partial charge on any atom is -0.367 e. The van der Waals surface area contributed by atoms with Crippen molar-refractivity contribution in [2.75, 3.05) is 23.7 Å². The lowest BCUT2D eigenvalue weighted by Gasteiger charge is -2.11. The molecule has 0 fully saturated rings. The largest absolute Gasteiger partial charge is 0.367 e. The Labute approximate surface area is 170 Å². The molecule has 0 radical (unpaired) electrons. The van der Waals surface area contributed by atoms with Crippen LogP contribution in [0.25, 0.3) is 5.82 Å². The predicted molar refractivity (Wildman–Crippen MR) is 115 cm³/mol. The van der Waals surface area contributed by atoms with Crippen molar-refractivity contribution in [3.8, 4) is 5.82 Å². The zero-order valence-corrected chi connectivity index (χ0v) is 17.5. The second kappa shape index (κ2) is 8.72. The summed E-state index contributed by atoms with van der Waals surface area (Å²) in [4.78, 5) is 12.0. The molecule has 152 valence electrons. The van der Waals surface area contributed by atoms with E-state index >= 15 is 0 Å². The minimum atomic E-state index is -0.236. The first-order chi connectivity index (χ1) is 13.8. The van der Waals surface area contributed by atoms with Crippen LogP contribution in [-0.4, -0.2) is 39.1 Å². The number of aryl methyl sites for hydroxylation is 3. The number of amides is 2. The Kier molecular flexibility index (Phi) is 6.11. The first kappa shape index (κ1) is 20.3. The van der Waals surface area contributed by atoms with Gasteiger partial charge >= 0.3 is 6.03 Å². The molecule has 3 aromatic rings. The lowest BCUT2D eigenvalue weighted by atomic mass is 10.1. The normalized spacial score (nSPS) is 10.7. The number of carbonyl (C=O) groups excluding carboxylic acids is 1. The summed E-state index contributed by atoms with van der Waals surface area (Å²) in [7, 11) is 0. The highest BCUT2D eigenvalue weighted by Gasteiger charge is 2.10. The van der Waals surface area contributed by atoms with E-state index in [0.717, 1.165) is 33.8 Å². The van der Waals surface area contributed by atoms with E-state index in [1.54, 1.807) is 4.68 Å². The van der Waals surface area contributed by atoms with E-state index in [4.69, 9.17) is 0 Å². The number of urea groups is 1. The number of carbonyl (C=O) groups is 1. The summed E-state index contributed by atoms with van der Waals surface area (Å²) in [5, 5.41) is 21.7. The quantitative estimate of drug-likeness (QED) is 0.558. The van der Waals surface area contributed by atoms with Gasteiger partial charge in [0.05, 0.1) is 5.69 Å². The molecule has 1 aromatic carbocycles. The van der Waals surface area contributed by atoms with E-state index in [2.05, 4.69) is 31.2 Å². The third-order valence-corrected chi connectivity index (χ3v) is 4.87. The number of anilines is 2. The minimum absolute atomic E-state index is 0.236. The van der Waals surface area contributed by atoms with Gasteiger partial charge in [-0.3, -0.25) is 0 Å². The molecule has 2 heterocycles. The molecule has 0 aliphatic carbocycles. The van der Waals surface area contributed by atoms with Crippen molar-refractivity contribution in [1.82, 2.24) is 25.3 Å². The van der Waals surface area contributed by atoms with E-state index in [9.17, 15) is 4.79 Å². The topological polar surface area (TPSA) is 96.8 Å². The van der Waals surface area contributed by atoms with Gasteiger partial charge < -0.3 is 16.0 Å². The van der Waals surface area contributed by atoms with Crippen LogP contribution in [0, 0.1) is 34.6 Å². The number of nitrogens with zero attached hydrogens (tertiary/aromatic N) is 4. The number of benzene rings is 1. The highest BCUT2D eigenvalue weighted by molar-refractivity contribution is 5.90.